The molecule has 4 atom stereocenters. The first-order chi connectivity index (χ1) is 5.27. The molecular weight excluding hydrogens is 138 g/mol. The van der Waals surface area contributed by atoms with E-state index in [4.69, 9.17) is 10.5 Å². The monoisotopic (exact) mass is 155 g/mol. The zero-order valence-electron chi connectivity index (χ0n) is 7.12. The molecule has 2 N–H and O–H groups in total. The predicted octanol–water partition coefficient (Wildman–Crippen LogP) is 1.29. The van der Waals surface area contributed by atoms with Crippen molar-refractivity contribution in [3.63, 3.8) is 0 Å². The Bertz CT molecular complexity index is 148. The summed E-state index contributed by atoms with van der Waals surface area (Å²) in [5, 5.41) is 0. The van der Waals surface area contributed by atoms with Gasteiger partial charge >= 0.3 is 0 Å². The lowest BCUT2D eigenvalue weighted by atomic mass is 9.89. The number of fused-ring (bicyclic) bond motifs is 1. The van der Waals surface area contributed by atoms with E-state index in [0.29, 0.717) is 24.2 Å². The molecule has 1 saturated carbocycles. The predicted molar refractivity (Wildman–Crippen MR) is 44.3 cm³/mol. The van der Waals surface area contributed by atoms with E-state index in [-0.39, 0.29) is 0 Å². The second-order valence-corrected chi connectivity index (χ2v) is 3.98. The van der Waals surface area contributed by atoms with E-state index in [1.54, 1.807) is 0 Å². The maximum Gasteiger partial charge on any atom is 0.0621 e. The van der Waals surface area contributed by atoms with Crippen LogP contribution in [0.4, 0.5) is 0 Å². The van der Waals surface area contributed by atoms with Crippen LogP contribution in [0.3, 0.4) is 0 Å². The molecule has 1 aliphatic heterocycles. The van der Waals surface area contributed by atoms with Crippen molar-refractivity contribution in [3.05, 3.63) is 0 Å². The SMILES string of the molecule is CC1CC(N)C2CCCC2O1. The summed E-state index contributed by atoms with van der Waals surface area (Å²) in [5.74, 6) is 0.672. The number of ether oxygens (including phenoxy) is 1. The summed E-state index contributed by atoms with van der Waals surface area (Å²) < 4.78 is 5.80. The highest BCUT2D eigenvalue weighted by Gasteiger charge is 2.38. The Morgan fingerprint density at radius 3 is 3.00 bits per heavy atom. The molecule has 2 nitrogen and oxygen atoms in total. The molecule has 2 heteroatoms. The third-order valence-corrected chi connectivity index (χ3v) is 3.06. The zero-order valence-corrected chi connectivity index (χ0v) is 7.12. The van der Waals surface area contributed by atoms with Crippen LogP contribution in [0.25, 0.3) is 0 Å². The minimum atomic E-state index is 0.393. The van der Waals surface area contributed by atoms with E-state index in [1.165, 1.54) is 19.3 Å². The van der Waals surface area contributed by atoms with Gasteiger partial charge in [-0.3, -0.25) is 0 Å². The summed E-state index contributed by atoms with van der Waals surface area (Å²) in [4.78, 5) is 0. The molecule has 64 valence electrons. The molecule has 0 radical (unpaired) electrons. The summed E-state index contributed by atoms with van der Waals surface area (Å²) in [6.07, 6.45) is 5.79. The number of nitrogens with two attached hydrogens (primary N) is 1. The van der Waals surface area contributed by atoms with Gasteiger partial charge in [0.25, 0.3) is 0 Å². The molecule has 0 aromatic carbocycles. The fourth-order valence-corrected chi connectivity index (χ4v) is 2.53. The summed E-state index contributed by atoms with van der Waals surface area (Å²) in [7, 11) is 0. The molecule has 2 fully saturated rings. The molecule has 0 bridgehead atoms. The lowest BCUT2D eigenvalue weighted by molar-refractivity contribution is -0.0692. The highest BCUT2D eigenvalue weighted by Crippen LogP contribution is 2.36. The van der Waals surface area contributed by atoms with Gasteiger partial charge in [-0.25, -0.2) is 0 Å². The van der Waals surface area contributed by atoms with Gasteiger partial charge < -0.3 is 10.5 Å². The highest BCUT2D eigenvalue weighted by molar-refractivity contribution is 4.90. The second kappa shape index (κ2) is 2.76. The van der Waals surface area contributed by atoms with Gasteiger partial charge in [0.05, 0.1) is 12.2 Å². The fourth-order valence-electron chi connectivity index (χ4n) is 2.53. The first-order valence-corrected chi connectivity index (χ1v) is 4.68. The Kier molecular flexibility index (Phi) is 1.90. The molecular formula is C9H17NO. The quantitative estimate of drug-likeness (QED) is 0.572. The number of hydrogen-bond donors (Lipinski definition) is 1. The smallest absolute Gasteiger partial charge is 0.0621 e. The van der Waals surface area contributed by atoms with Crippen molar-refractivity contribution in [2.75, 3.05) is 0 Å². The van der Waals surface area contributed by atoms with E-state index >= 15 is 0 Å². The summed E-state index contributed by atoms with van der Waals surface area (Å²) in [6.45, 7) is 2.13. The second-order valence-electron chi connectivity index (χ2n) is 3.98. The van der Waals surface area contributed by atoms with Gasteiger partial charge in [-0.05, 0) is 26.2 Å². The van der Waals surface area contributed by atoms with E-state index in [9.17, 15) is 0 Å². The van der Waals surface area contributed by atoms with Gasteiger partial charge in [-0.1, -0.05) is 6.42 Å². The molecule has 1 aliphatic carbocycles. The van der Waals surface area contributed by atoms with Crippen molar-refractivity contribution in [1.29, 1.82) is 0 Å². The molecule has 2 rings (SSSR count). The standard InChI is InChI=1S/C9H17NO/c1-6-5-8(10)7-3-2-4-9(7)11-6/h6-9H,2-5,10H2,1H3. The molecule has 1 saturated heterocycles. The number of hydrogen-bond acceptors (Lipinski definition) is 2. The van der Waals surface area contributed by atoms with Gasteiger partial charge in [0.1, 0.15) is 0 Å². The van der Waals surface area contributed by atoms with Crippen molar-refractivity contribution in [2.24, 2.45) is 11.7 Å². The minimum Gasteiger partial charge on any atom is -0.375 e. The highest BCUT2D eigenvalue weighted by atomic mass is 16.5. The maximum absolute atomic E-state index is 6.03. The van der Waals surface area contributed by atoms with Crippen LogP contribution in [0.5, 0.6) is 0 Å². The molecule has 0 spiro atoms. The lowest BCUT2D eigenvalue weighted by Gasteiger charge is -2.35. The molecule has 2 aliphatic rings. The van der Waals surface area contributed by atoms with Crippen molar-refractivity contribution >= 4 is 0 Å². The van der Waals surface area contributed by atoms with Crippen LogP contribution in [0.2, 0.25) is 0 Å². The number of rotatable bonds is 0. The fraction of sp³-hybridized carbons (Fsp3) is 1.00. The summed E-state index contributed by atoms with van der Waals surface area (Å²) in [5.41, 5.74) is 6.03. The molecule has 0 aromatic heterocycles. The Morgan fingerprint density at radius 1 is 1.36 bits per heavy atom. The van der Waals surface area contributed by atoms with Gasteiger partial charge in [-0.2, -0.15) is 0 Å². The third-order valence-electron chi connectivity index (χ3n) is 3.06. The van der Waals surface area contributed by atoms with Crippen LogP contribution < -0.4 is 5.73 Å². The van der Waals surface area contributed by atoms with E-state index in [0.717, 1.165) is 6.42 Å². The van der Waals surface area contributed by atoms with Crippen molar-refractivity contribution in [3.8, 4) is 0 Å². The van der Waals surface area contributed by atoms with Gasteiger partial charge in [0.15, 0.2) is 0 Å². The van der Waals surface area contributed by atoms with E-state index in [2.05, 4.69) is 6.92 Å². The van der Waals surface area contributed by atoms with Crippen LogP contribution in [0.1, 0.15) is 32.6 Å². The molecule has 4 unspecified atom stereocenters. The van der Waals surface area contributed by atoms with Gasteiger partial charge in [0, 0.05) is 12.0 Å². The topological polar surface area (TPSA) is 35.2 Å². The van der Waals surface area contributed by atoms with Crippen LogP contribution in [0.15, 0.2) is 0 Å². The Hall–Kier alpha value is -0.0800. The maximum atomic E-state index is 6.03. The normalized spacial score (nSPS) is 50.7. The molecule has 0 aromatic rings. The Balaban J connectivity index is 2.04. The van der Waals surface area contributed by atoms with Crippen molar-refractivity contribution in [2.45, 2.75) is 50.9 Å². The van der Waals surface area contributed by atoms with E-state index in [1.807, 2.05) is 0 Å². The largest absolute Gasteiger partial charge is 0.375 e. The van der Waals surface area contributed by atoms with Gasteiger partial charge in [0.2, 0.25) is 0 Å². The van der Waals surface area contributed by atoms with Crippen LogP contribution in [-0.4, -0.2) is 18.2 Å². The Labute approximate surface area is 68.1 Å². The van der Waals surface area contributed by atoms with Crippen LogP contribution >= 0.6 is 0 Å². The zero-order chi connectivity index (χ0) is 7.84. The average Bonchev–Trinajstić information content (AvgIpc) is 2.34. The molecule has 11 heavy (non-hydrogen) atoms. The third kappa shape index (κ3) is 1.30. The van der Waals surface area contributed by atoms with Crippen LogP contribution in [0, 0.1) is 5.92 Å². The Morgan fingerprint density at radius 2 is 2.18 bits per heavy atom. The van der Waals surface area contributed by atoms with Crippen LogP contribution in [-0.2, 0) is 4.74 Å². The first-order valence-electron chi connectivity index (χ1n) is 4.68. The average molecular weight is 155 g/mol. The minimum absolute atomic E-state index is 0.393. The molecule has 0 amide bonds. The van der Waals surface area contributed by atoms with Gasteiger partial charge in [-0.15, -0.1) is 0 Å². The lowest BCUT2D eigenvalue weighted by Crippen LogP contribution is -2.44. The summed E-state index contributed by atoms with van der Waals surface area (Å²) >= 11 is 0. The molecule has 1 heterocycles. The summed E-state index contributed by atoms with van der Waals surface area (Å²) in [6, 6.07) is 0.409. The van der Waals surface area contributed by atoms with E-state index < -0.39 is 0 Å². The van der Waals surface area contributed by atoms with Crippen molar-refractivity contribution < 1.29 is 4.74 Å². The van der Waals surface area contributed by atoms with Crippen molar-refractivity contribution in [1.82, 2.24) is 0 Å². The first kappa shape index (κ1) is 7.56.